The van der Waals surface area contributed by atoms with Gasteiger partial charge in [-0.05, 0) is 44.6 Å². The first kappa shape index (κ1) is 18.9. The highest BCUT2D eigenvalue weighted by atomic mass is 16.2. The molecule has 2 aromatic rings. The van der Waals surface area contributed by atoms with E-state index < -0.39 is 0 Å². The number of hydrogen-bond donors (Lipinski definition) is 0. The van der Waals surface area contributed by atoms with Crippen molar-refractivity contribution in [2.75, 3.05) is 31.6 Å². The van der Waals surface area contributed by atoms with Crippen LogP contribution in [0.15, 0.2) is 30.3 Å². The van der Waals surface area contributed by atoms with Crippen LogP contribution < -0.4 is 4.90 Å². The molecule has 0 N–H and O–H groups in total. The minimum atomic E-state index is 0.244. The monoisotopic (exact) mass is 378 g/mol. The second-order valence-electron chi connectivity index (χ2n) is 8.16. The number of likely N-dealkylation sites (tertiary alicyclic amines) is 1. The van der Waals surface area contributed by atoms with E-state index in [-0.39, 0.29) is 11.8 Å². The van der Waals surface area contributed by atoms with Gasteiger partial charge in [0.15, 0.2) is 0 Å². The van der Waals surface area contributed by atoms with Crippen LogP contribution in [-0.2, 0) is 17.6 Å². The zero-order valence-corrected chi connectivity index (χ0v) is 17.0. The molecule has 0 radical (unpaired) electrons. The topological polar surface area (TPSA) is 49.3 Å². The first-order valence-electron chi connectivity index (χ1n) is 10.5. The van der Waals surface area contributed by atoms with Crippen molar-refractivity contribution in [2.45, 2.75) is 51.4 Å². The van der Waals surface area contributed by atoms with Crippen LogP contribution in [0.5, 0.6) is 0 Å². The molecule has 5 heteroatoms. The normalized spacial score (nSPS) is 19.4. The van der Waals surface area contributed by atoms with E-state index in [0.717, 1.165) is 62.7 Å². The highest BCUT2D eigenvalue weighted by molar-refractivity contribution is 5.76. The molecule has 0 saturated carbocycles. The first-order valence-corrected chi connectivity index (χ1v) is 10.5. The van der Waals surface area contributed by atoms with Crippen molar-refractivity contribution in [1.82, 2.24) is 14.9 Å². The van der Waals surface area contributed by atoms with E-state index in [1.165, 1.54) is 17.5 Å². The number of fused-ring (bicyclic) bond motifs is 1. The zero-order valence-electron chi connectivity index (χ0n) is 17.0. The fourth-order valence-corrected chi connectivity index (χ4v) is 4.46. The predicted molar refractivity (Wildman–Crippen MR) is 112 cm³/mol. The molecule has 3 heterocycles. The van der Waals surface area contributed by atoms with Gasteiger partial charge in [-0.2, -0.15) is 0 Å². The largest absolute Gasteiger partial charge is 0.359 e. The lowest BCUT2D eigenvalue weighted by Gasteiger charge is -2.33. The summed E-state index contributed by atoms with van der Waals surface area (Å²) in [5.41, 5.74) is 3.63. The summed E-state index contributed by atoms with van der Waals surface area (Å²) in [6, 6.07) is 10.3. The van der Waals surface area contributed by atoms with Gasteiger partial charge in [-0.1, -0.05) is 30.3 Å². The molecule has 1 amide bonds. The summed E-state index contributed by atoms with van der Waals surface area (Å²) in [6.45, 7) is 4.76. The van der Waals surface area contributed by atoms with Gasteiger partial charge in [0, 0.05) is 50.3 Å². The van der Waals surface area contributed by atoms with Crippen LogP contribution >= 0.6 is 0 Å². The average molecular weight is 379 g/mol. The van der Waals surface area contributed by atoms with E-state index in [9.17, 15) is 4.79 Å². The molecule has 1 fully saturated rings. The molecule has 4 rings (SSSR count). The third-order valence-electron chi connectivity index (χ3n) is 6.10. The van der Waals surface area contributed by atoms with Gasteiger partial charge < -0.3 is 9.80 Å². The lowest BCUT2D eigenvalue weighted by Crippen LogP contribution is -2.40. The zero-order chi connectivity index (χ0) is 19.5. The summed E-state index contributed by atoms with van der Waals surface area (Å²) in [4.78, 5) is 26.9. The number of aryl methyl sites for hydroxylation is 2. The molecule has 0 aliphatic carbocycles. The third-order valence-corrected chi connectivity index (χ3v) is 6.10. The van der Waals surface area contributed by atoms with Crippen molar-refractivity contribution in [3.8, 4) is 0 Å². The molecular weight excluding hydrogens is 348 g/mol. The van der Waals surface area contributed by atoms with Gasteiger partial charge in [-0.15, -0.1) is 0 Å². The van der Waals surface area contributed by atoms with E-state index in [1.54, 1.807) is 0 Å². The third kappa shape index (κ3) is 4.03. The Hall–Kier alpha value is -2.43. The molecule has 0 bridgehead atoms. The fourth-order valence-electron chi connectivity index (χ4n) is 4.46. The molecular formula is C23H30N4O. The van der Waals surface area contributed by atoms with Gasteiger partial charge in [0.2, 0.25) is 5.91 Å². The van der Waals surface area contributed by atoms with Crippen LogP contribution in [0, 0.1) is 6.92 Å². The Bertz CT molecular complexity index is 836. The van der Waals surface area contributed by atoms with Crippen LogP contribution in [0.2, 0.25) is 0 Å². The average Bonchev–Trinajstić information content (AvgIpc) is 2.73. The van der Waals surface area contributed by atoms with Gasteiger partial charge in [-0.3, -0.25) is 4.79 Å². The lowest BCUT2D eigenvalue weighted by atomic mass is 9.95. The highest BCUT2D eigenvalue weighted by Crippen LogP contribution is 2.31. The van der Waals surface area contributed by atoms with Crippen LogP contribution in [0.3, 0.4) is 0 Å². The molecule has 5 nitrogen and oxygen atoms in total. The smallest absolute Gasteiger partial charge is 0.222 e. The lowest BCUT2D eigenvalue weighted by molar-refractivity contribution is -0.132. The van der Waals surface area contributed by atoms with E-state index in [0.29, 0.717) is 6.42 Å². The number of benzene rings is 1. The Morgan fingerprint density at radius 2 is 1.96 bits per heavy atom. The number of rotatable bonds is 4. The fraction of sp³-hybridized carbons (Fsp3) is 0.522. The second-order valence-corrected chi connectivity index (χ2v) is 8.16. The van der Waals surface area contributed by atoms with Crippen molar-refractivity contribution < 1.29 is 4.79 Å². The SMILES string of the molecule is Cc1nc(C2CCCN(C(=O)CCc3ccccc3)C2)nc2c1CCCN2C. The van der Waals surface area contributed by atoms with Crippen molar-refractivity contribution in [3.63, 3.8) is 0 Å². The van der Waals surface area contributed by atoms with Gasteiger partial charge >= 0.3 is 0 Å². The van der Waals surface area contributed by atoms with Gasteiger partial charge in [0.05, 0.1) is 0 Å². The maximum absolute atomic E-state index is 12.8. The number of anilines is 1. The minimum Gasteiger partial charge on any atom is -0.359 e. The van der Waals surface area contributed by atoms with Crippen LogP contribution in [-0.4, -0.2) is 47.5 Å². The molecule has 1 saturated heterocycles. The molecule has 1 aromatic heterocycles. The van der Waals surface area contributed by atoms with Crippen molar-refractivity contribution in [2.24, 2.45) is 0 Å². The van der Waals surface area contributed by atoms with Gasteiger partial charge in [0.25, 0.3) is 0 Å². The Morgan fingerprint density at radius 3 is 2.79 bits per heavy atom. The Labute approximate surface area is 167 Å². The van der Waals surface area contributed by atoms with Crippen LogP contribution in [0.4, 0.5) is 5.82 Å². The number of nitrogens with zero attached hydrogens (tertiary/aromatic N) is 4. The number of carbonyl (C=O) groups excluding carboxylic acids is 1. The van der Waals surface area contributed by atoms with Gasteiger partial charge in [0.1, 0.15) is 11.6 Å². The summed E-state index contributed by atoms with van der Waals surface area (Å²) in [7, 11) is 2.12. The molecule has 28 heavy (non-hydrogen) atoms. The molecule has 0 spiro atoms. The number of carbonyl (C=O) groups is 1. The minimum absolute atomic E-state index is 0.244. The molecule has 1 atom stereocenters. The summed E-state index contributed by atoms with van der Waals surface area (Å²) in [5, 5.41) is 0. The van der Waals surface area contributed by atoms with Crippen LogP contribution in [0.25, 0.3) is 0 Å². The first-order chi connectivity index (χ1) is 13.6. The maximum Gasteiger partial charge on any atom is 0.222 e. The molecule has 148 valence electrons. The highest BCUT2D eigenvalue weighted by Gasteiger charge is 2.28. The van der Waals surface area contributed by atoms with Gasteiger partial charge in [-0.25, -0.2) is 9.97 Å². The number of aromatic nitrogens is 2. The summed E-state index contributed by atoms with van der Waals surface area (Å²) in [5.74, 6) is 2.51. The number of hydrogen-bond acceptors (Lipinski definition) is 4. The maximum atomic E-state index is 12.8. The number of piperidine rings is 1. The molecule has 1 aromatic carbocycles. The Morgan fingerprint density at radius 1 is 1.14 bits per heavy atom. The molecule has 2 aliphatic heterocycles. The Kier molecular flexibility index (Phi) is 5.60. The van der Waals surface area contributed by atoms with Crippen LogP contribution in [0.1, 0.15) is 54.2 Å². The quantitative estimate of drug-likeness (QED) is 0.817. The summed E-state index contributed by atoms with van der Waals surface area (Å²) < 4.78 is 0. The van der Waals surface area contributed by atoms with Crippen molar-refractivity contribution in [3.05, 3.63) is 53.0 Å². The summed E-state index contributed by atoms with van der Waals surface area (Å²) >= 11 is 0. The number of amides is 1. The Balaban J connectivity index is 1.44. The standard InChI is InChI=1S/C23H30N4O/c1-17-20-11-7-14-26(2)23(20)25-22(24-17)19-10-6-15-27(16-19)21(28)13-12-18-8-4-3-5-9-18/h3-5,8-9,19H,6-7,10-16H2,1-2H3. The second kappa shape index (κ2) is 8.29. The molecule has 2 aliphatic rings. The molecule has 1 unspecified atom stereocenters. The van der Waals surface area contributed by atoms with E-state index in [4.69, 9.17) is 9.97 Å². The predicted octanol–water partition coefficient (Wildman–Crippen LogP) is 3.51. The summed E-state index contributed by atoms with van der Waals surface area (Å²) in [6.07, 6.45) is 5.70. The van der Waals surface area contributed by atoms with E-state index in [2.05, 4.69) is 31.0 Å². The van der Waals surface area contributed by atoms with E-state index >= 15 is 0 Å². The van der Waals surface area contributed by atoms with Crippen molar-refractivity contribution >= 4 is 11.7 Å². The van der Waals surface area contributed by atoms with Crippen molar-refractivity contribution in [1.29, 1.82) is 0 Å². The van der Waals surface area contributed by atoms with E-state index in [1.807, 2.05) is 23.1 Å².